The summed E-state index contributed by atoms with van der Waals surface area (Å²) in [6.45, 7) is 1.69. The lowest BCUT2D eigenvalue weighted by molar-refractivity contribution is 0.647. The van der Waals surface area contributed by atoms with E-state index in [1.54, 1.807) is 0 Å². The second-order valence-electron chi connectivity index (χ2n) is 9.06. The number of hydrogen-bond donors (Lipinski definition) is 1. The minimum atomic E-state index is 0.696. The number of nitrogens with zero attached hydrogens (tertiary/aromatic N) is 2. The summed E-state index contributed by atoms with van der Waals surface area (Å²) in [5.41, 5.74) is 9.76. The van der Waals surface area contributed by atoms with Crippen LogP contribution in [0.2, 0.25) is 5.02 Å². The fourth-order valence-corrected chi connectivity index (χ4v) is 5.64. The van der Waals surface area contributed by atoms with Crippen LogP contribution >= 0.6 is 23.8 Å². The van der Waals surface area contributed by atoms with Gasteiger partial charge >= 0.3 is 0 Å². The number of thiocarbonyl (C=S) groups is 1. The Labute approximate surface area is 216 Å². The van der Waals surface area contributed by atoms with Crippen LogP contribution < -0.4 is 5.32 Å². The Hall–Kier alpha value is -3.34. The Morgan fingerprint density at radius 1 is 0.857 bits per heavy atom. The van der Waals surface area contributed by atoms with Gasteiger partial charge in [-0.2, -0.15) is 0 Å². The molecule has 3 nitrogen and oxygen atoms in total. The molecule has 0 unspecified atom stereocenters. The maximum atomic E-state index is 6.20. The lowest BCUT2D eigenvalue weighted by Crippen LogP contribution is -2.23. The van der Waals surface area contributed by atoms with Crippen molar-refractivity contribution in [1.29, 1.82) is 0 Å². The van der Waals surface area contributed by atoms with Gasteiger partial charge in [-0.3, -0.25) is 4.40 Å². The quantitative estimate of drug-likeness (QED) is 0.254. The van der Waals surface area contributed by atoms with Gasteiger partial charge in [-0.15, -0.1) is 0 Å². The molecule has 0 amide bonds. The van der Waals surface area contributed by atoms with E-state index in [9.17, 15) is 0 Å². The fraction of sp³-hybridized carbons (Fsp3) is 0.167. The zero-order chi connectivity index (χ0) is 23.8. The summed E-state index contributed by atoms with van der Waals surface area (Å²) in [5.74, 6) is 0. The van der Waals surface area contributed by atoms with Gasteiger partial charge in [-0.05, 0) is 48.1 Å². The number of aromatic nitrogens is 2. The van der Waals surface area contributed by atoms with Gasteiger partial charge in [-0.25, -0.2) is 0 Å². The van der Waals surface area contributed by atoms with Crippen molar-refractivity contribution in [1.82, 2.24) is 14.3 Å². The molecule has 3 heterocycles. The van der Waals surface area contributed by atoms with Gasteiger partial charge in [0, 0.05) is 35.4 Å². The number of nitrogens with one attached hydrogen (secondary N) is 1. The van der Waals surface area contributed by atoms with Gasteiger partial charge in [0.15, 0.2) is 0 Å². The van der Waals surface area contributed by atoms with E-state index < -0.39 is 0 Å². The molecule has 1 N–H and O–H groups in total. The molecule has 35 heavy (non-hydrogen) atoms. The van der Waals surface area contributed by atoms with Gasteiger partial charge in [0.1, 0.15) is 10.6 Å². The van der Waals surface area contributed by atoms with Crippen LogP contribution in [-0.4, -0.2) is 14.0 Å². The van der Waals surface area contributed by atoms with Crippen LogP contribution in [0, 0.1) is 0 Å². The van der Waals surface area contributed by atoms with Crippen LogP contribution in [0.4, 0.5) is 0 Å². The molecule has 2 aromatic heterocycles. The van der Waals surface area contributed by atoms with Gasteiger partial charge < -0.3 is 9.88 Å². The van der Waals surface area contributed by atoms with E-state index in [-0.39, 0.29) is 0 Å². The first kappa shape index (κ1) is 22.1. The highest BCUT2D eigenvalue weighted by molar-refractivity contribution is 7.80. The van der Waals surface area contributed by atoms with Crippen molar-refractivity contribution in [2.75, 3.05) is 0 Å². The number of aryl methyl sites for hydroxylation is 2. The monoisotopic (exact) mass is 495 g/mol. The van der Waals surface area contributed by atoms with Crippen LogP contribution in [0.15, 0.2) is 91.1 Å². The molecule has 0 fully saturated rings. The molecule has 3 aromatic carbocycles. The third kappa shape index (κ3) is 4.07. The van der Waals surface area contributed by atoms with Crippen molar-refractivity contribution in [3.8, 4) is 22.4 Å². The van der Waals surface area contributed by atoms with E-state index in [0.717, 1.165) is 41.5 Å². The van der Waals surface area contributed by atoms with Gasteiger partial charge in [0.25, 0.3) is 0 Å². The number of imidazole rings is 1. The molecule has 5 aromatic rings. The molecule has 0 atom stereocenters. The molecule has 0 saturated heterocycles. The zero-order valence-electron chi connectivity index (χ0n) is 19.4. The summed E-state index contributed by atoms with van der Waals surface area (Å²) < 4.78 is 4.80. The minimum absolute atomic E-state index is 0.696. The van der Waals surface area contributed by atoms with E-state index >= 15 is 0 Å². The van der Waals surface area contributed by atoms with Crippen LogP contribution in [-0.2, 0) is 19.5 Å². The summed E-state index contributed by atoms with van der Waals surface area (Å²) in [6, 6.07) is 29.2. The number of halogens is 1. The molecular weight excluding hydrogens is 470 g/mol. The third-order valence-electron chi connectivity index (χ3n) is 6.85. The summed E-state index contributed by atoms with van der Waals surface area (Å²) >= 11 is 12.3. The van der Waals surface area contributed by atoms with Crippen molar-refractivity contribution in [3.63, 3.8) is 0 Å². The first-order valence-electron chi connectivity index (χ1n) is 12.1. The highest BCUT2D eigenvalue weighted by Crippen LogP contribution is 2.39. The van der Waals surface area contributed by atoms with Crippen molar-refractivity contribution < 1.29 is 0 Å². The molecule has 174 valence electrons. The highest BCUT2D eigenvalue weighted by Gasteiger charge is 2.28. The molecule has 1 aliphatic rings. The topological polar surface area (TPSA) is 21.4 Å². The maximum Gasteiger partial charge on any atom is 0.124 e. The molecular formula is C30H26ClN3S. The smallest absolute Gasteiger partial charge is 0.124 e. The molecule has 0 aliphatic carbocycles. The molecule has 0 bridgehead atoms. The summed E-state index contributed by atoms with van der Waals surface area (Å²) in [5, 5.41) is 4.30. The van der Waals surface area contributed by atoms with Crippen LogP contribution in [0.1, 0.15) is 29.7 Å². The van der Waals surface area contributed by atoms with E-state index in [1.807, 2.05) is 18.2 Å². The average Bonchev–Trinajstić information content (AvgIpc) is 3.32. The van der Waals surface area contributed by atoms with Crippen LogP contribution in [0.25, 0.3) is 28.0 Å². The number of benzene rings is 3. The van der Waals surface area contributed by atoms with Crippen molar-refractivity contribution in [2.24, 2.45) is 0 Å². The Bertz CT molecular complexity index is 1500. The largest absolute Gasteiger partial charge is 0.370 e. The van der Waals surface area contributed by atoms with Gasteiger partial charge in [-0.1, -0.05) is 96.6 Å². The molecule has 1 aliphatic heterocycles. The van der Waals surface area contributed by atoms with E-state index in [4.69, 9.17) is 23.8 Å². The van der Waals surface area contributed by atoms with E-state index in [0.29, 0.717) is 6.54 Å². The van der Waals surface area contributed by atoms with Crippen molar-refractivity contribution in [2.45, 2.75) is 32.4 Å². The Balaban J connectivity index is 1.55. The minimum Gasteiger partial charge on any atom is -0.370 e. The number of hydrogen-bond acceptors (Lipinski definition) is 1. The zero-order valence-corrected chi connectivity index (χ0v) is 20.9. The van der Waals surface area contributed by atoms with E-state index in [2.05, 4.69) is 87.2 Å². The van der Waals surface area contributed by atoms with Crippen LogP contribution in [0.5, 0.6) is 0 Å². The molecule has 0 radical (unpaired) electrons. The summed E-state index contributed by atoms with van der Waals surface area (Å²) in [4.78, 5) is 0.773. The first-order chi connectivity index (χ1) is 17.2. The van der Waals surface area contributed by atoms with E-state index in [1.165, 1.54) is 39.2 Å². The predicted molar refractivity (Wildman–Crippen MR) is 149 cm³/mol. The molecule has 6 rings (SSSR count). The van der Waals surface area contributed by atoms with Gasteiger partial charge in [0.05, 0.1) is 11.4 Å². The fourth-order valence-electron chi connectivity index (χ4n) is 5.24. The maximum absolute atomic E-state index is 6.20. The van der Waals surface area contributed by atoms with Crippen molar-refractivity contribution >= 4 is 34.5 Å². The predicted octanol–water partition coefficient (Wildman–Crippen LogP) is 7.53. The lowest BCUT2D eigenvalue weighted by atomic mass is 9.98. The molecule has 0 spiro atoms. The number of rotatable bonds is 5. The molecule has 5 heteroatoms. The normalized spacial score (nSPS) is 13.1. The SMILES string of the molecule is S=C(NCc1ccccc1)c1c(-c2ccccc2)c2c3n(c(-c4ccc(Cl)cc4)cn13)CCCC2. The Morgan fingerprint density at radius 2 is 1.57 bits per heavy atom. The highest BCUT2D eigenvalue weighted by atomic mass is 35.5. The molecule has 0 saturated carbocycles. The average molecular weight is 496 g/mol. The van der Waals surface area contributed by atoms with Gasteiger partial charge in [0.2, 0.25) is 0 Å². The Morgan fingerprint density at radius 3 is 2.31 bits per heavy atom. The standard InChI is InChI=1S/C30H26ClN3S/c31-24-16-14-22(15-17-24)26-20-34-28(29(35)32-19-21-9-3-1-4-10-21)27(23-11-5-2-6-12-23)25-13-7-8-18-33(26)30(25)34/h1-6,9-12,14-17,20H,7-8,13,18-19H2,(H,32,35). The summed E-state index contributed by atoms with van der Waals surface area (Å²) in [6.07, 6.45) is 5.61. The van der Waals surface area contributed by atoms with Crippen molar-refractivity contribution in [3.05, 3.63) is 113 Å². The second-order valence-corrected chi connectivity index (χ2v) is 9.90. The first-order valence-corrected chi connectivity index (χ1v) is 12.9. The third-order valence-corrected chi connectivity index (χ3v) is 7.44. The van der Waals surface area contributed by atoms with Crippen LogP contribution in [0.3, 0.4) is 0 Å². The summed E-state index contributed by atoms with van der Waals surface area (Å²) in [7, 11) is 0. The lowest BCUT2D eigenvalue weighted by Gasteiger charge is -2.12. The Kier molecular flexibility index (Phi) is 5.93. The second kappa shape index (κ2) is 9.37.